The average Bonchev–Trinajstić information content (AvgIpc) is 3.43. The Kier molecular flexibility index (Phi) is 16.1. The summed E-state index contributed by atoms with van der Waals surface area (Å²) < 4.78 is 97.1. The van der Waals surface area contributed by atoms with Crippen LogP contribution in [0.2, 0.25) is 0 Å². The molecule has 5 rings (SSSR count). The summed E-state index contributed by atoms with van der Waals surface area (Å²) in [6, 6.07) is 0.286. The lowest BCUT2D eigenvalue weighted by Crippen LogP contribution is -2.36. The Morgan fingerprint density at radius 3 is 2.05 bits per heavy atom. The van der Waals surface area contributed by atoms with E-state index in [-0.39, 0.29) is 30.2 Å². The summed E-state index contributed by atoms with van der Waals surface area (Å²) in [7, 11) is 1.29. The number of nitrogens with zero attached hydrogens (tertiary/aromatic N) is 6. The molecule has 0 N–H and O–H groups in total. The van der Waals surface area contributed by atoms with Gasteiger partial charge in [0.15, 0.2) is 11.5 Å². The first kappa shape index (κ1) is 46.1. The summed E-state index contributed by atoms with van der Waals surface area (Å²) in [5.74, 6) is 0.409. The fourth-order valence-electron chi connectivity index (χ4n) is 6.56. The summed E-state index contributed by atoms with van der Waals surface area (Å²) in [5, 5.41) is 0. The van der Waals surface area contributed by atoms with Crippen molar-refractivity contribution in [3.8, 4) is 0 Å². The minimum atomic E-state index is -5.04. The van der Waals surface area contributed by atoms with E-state index < -0.39 is 53.3 Å². The normalized spacial score (nSPS) is 19.7. The van der Waals surface area contributed by atoms with E-state index in [0.29, 0.717) is 69.5 Å². The van der Waals surface area contributed by atoms with E-state index in [1.807, 2.05) is 11.8 Å². The second-order valence-electron chi connectivity index (χ2n) is 13.2. The van der Waals surface area contributed by atoms with Crippen molar-refractivity contribution >= 4 is 71.6 Å². The van der Waals surface area contributed by atoms with E-state index in [1.54, 1.807) is 6.92 Å². The molecule has 0 spiro atoms. The predicted molar refractivity (Wildman–Crippen MR) is 204 cm³/mol. The second kappa shape index (κ2) is 19.9. The molecule has 57 heavy (non-hydrogen) atoms. The molecule has 312 valence electrons. The number of carbonyl (C=O) groups excluding carboxylic acids is 3. The van der Waals surface area contributed by atoms with E-state index >= 15 is 0 Å². The molecule has 21 heteroatoms. The van der Waals surface area contributed by atoms with Crippen LogP contribution in [0.5, 0.6) is 0 Å². The summed E-state index contributed by atoms with van der Waals surface area (Å²) >= 11 is 9.47. The number of anilines is 1. The molecular formula is C36H39Br3F6N6O6. The molecule has 12 nitrogen and oxygen atoms in total. The van der Waals surface area contributed by atoms with Crippen LogP contribution in [-0.4, -0.2) is 75.7 Å². The SMILES string of the molecule is CCOC(=O)CC1CCC(CN(CC)c2ncc(Br)nc2CN2C(=O)OC(c3cc(C(F)(F)F)cc(C(F)(F)F)c3)[C@@H]2C)CC1.COC(=O)c1nc(Br)cnc1Br. The Hall–Kier alpha value is -3.59. The molecule has 2 aliphatic rings. The molecule has 1 amide bonds. The highest BCUT2D eigenvalue weighted by Gasteiger charge is 2.44. The minimum absolute atomic E-state index is 0.0399. The topological polar surface area (TPSA) is 137 Å². The van der Waals surface area contributed by atoms with Gasteiger partial charge in [0.05, 0.1) is 49.8 Å². The van der Waals surface area contributed by atoms with E-state index in [2.05, 4.69) is 72.5 Å². The summed E-state index contributed by atoms with van der Waals surface area (Å²) in [4.78, 5) is 56.0. The van der Waals surface area contributed by atoms with Crippen LogP contribution in [0.25, 0.3) is 0 Å². The highest BCUT2D eigenvalue weighted by Crippen LogP contribution is 2.41. The number of rotatable bonds is 11. The molecule has 1 aromatic carbocycles. The number of halogens is 9. The van der Waals surface area contributed by atoms with Crippen molar-refractivity contribution in [1.82, 2.24) is 24.8 Å². The number of alkyl halides is 6. The van der Waals surface area contributed by atoms with Crippen LogP contribution in [0.1, 0.15) is 91.9 Å². The summed E-state index contributed by atoms with van der Waals surface area (Å²) in [6.07, 6.45) is -5.33. The molecule has 2 atom stereocenters. The number of aromatic nitrogens is 4. The third-order valence-corrected chi connectivity index (χ3v) is 10.8. The number of hydrogen-bond acceptors (Lipinski definition) is 11. The smallest absolute Gasteiger partial charge is 0.416 e. The molecule has 3 heterocycles. The van der Waals surface area contributed by atoms with Crippen molar-refractivity contribution in [3.63, 3.8) is 0 Å². The number of cyclic esters (lactones) is 1. The van der Waals surface area contributed by atoms with Crippen LogP contribution in [0.3, 0.4) is 0 Å². The van der Waals surface area contributed by atoms with Crippen LogP contribution < -0.4 is 4.90 Å². The quantitative estimate of drug-likeness (QED) is 0.103. The zero-order valence-corrected chi connectivity index (χ0v) is 35.9. The Labute approximate surface area is 349 Å². The van der Waals surface area contributed by atoms with Gasteiger partial charge in [-0.3, -0.25) is 9.69 Å². The van der Waals surface area contributed by atoms with E-state index in [1.165, 1.54) is 31.3 Å². The maximum atomic E-state index is 13.5. The number of hydrogen-bond donors (Lipinski definition) is 0. The van der Waals surface area contributed by atoms with Crippen LogP contribution in [0, 0.1) is 11.8 Å². The molecule has 1 aliphatic heterocycles. The molecule has 1 aliphatic carbocycles. The number of benzene rings is 1. The molecule has 0 bridgehead atoms. The molecule has 1 saturated heterocycles. The first-order valence-corrected chi connectivity index (χ1v) is 20.1. The van der Waals surface area contributed by atoms with E-state index in [0.717, 1.165) is 25.7 Å². The molecule has 2 aromatic heterocycles. The highest BCUT2D eigenvalue weighted by molar-refractivity contribution is 9.11. The Morgan fingerprint density at radius 2 is 1.49 bits per heavy atom. The number of carbonyl (C=O) groups is 3. The zero-order chi connectivity index (χ0) is 42.2. The molecular weight excluding hydrogens is 966 g/mol. The van der Waals surface area contributed by atoms with Gasteiger partial charge in [-0.25, -0.2) is 29.5 Å². The van der Waals surface area contributed by atoms with Crippen molar-refractivity contribution in [1.29, 1.82) is 0 Å². The van der Waals surface area contributed by atoms with Gasteiger partial charge < -0.3 is 19.1 Å². The molecule has 1 unspecified atom stereocenters. The van der Waals surface area contributed by atoms with Crippen LogP contribution in [0.4, 0.5) is 37.0 Å². The van der Waals surface area contributed by atoms with Crippen LogP contribution in [0.15, 0.2) is 44.4 Å². The van der Waals surface area contributed by atoms with E-state index in [9.17, 15) is 40.7 Å². The number of amides is 1. The van der Waals surface area contributed by atoms with Crippen LogP contribution >= 0.6 is 47.8 Å². The standard InChI is InChI=1S/C30H35BrF6N4O4.C6H4Br2N2O2/c1-4-40(15-19-8-6-18(7-9-19)10-25(42)44-5-2)27-23(39-24(31)14-38-27)16-41-17(3)26(45-28(41)43)20-11-21(29(32,33)34)13-22(12-20)30(35,36)37;1-12-6(11)4-5(8)9-2-3(7)10-4/h11-14,17-19,26H,4-10,15-16H2,1-3H3;2H,1H3/t17-,18?,19?,26?;/m0./s1. The highest BCUT2D eigenvalue weighted by atomic mass is 79.9. The van der Waals surface area contributed by atoms with Gasteiger partial charge in [0.25, 0.3) is 0 Å². The van der Waals surface area contributed by atoms with Crippen LogP contribution in [-0.2, 0) is 37.9 Å². The number of ether oxygens (including phenoxy) is 3. The Balaban J connectivity index is 0.000000512. The monoisotopic (exact) mass is 1000 g/mol. The van der Waals surface area contributed by atoms with E-state index in [4.69, 9.17) is 9.47 Å². The zero-order valence-electron chi connectivity index (χ0n) is 31.1. The average molecular weight is 1010 g/mol. The third kappa shape index (κ3) is 12.5. The Bertz CT molecular complexity index is 1870. The van der Waals surface area contributed by atoms with Gasteiger partial charge in [0.1, 0.15) is 25.6 Å². The van der Waals surface area contributed by atoms with Gasteiger partial charge >= 0.3 is 30.4 Å². The summed E-state index contributed by atoms with van der Waals surface area (Å²) in [6.45, 7) is 6.68. The third-order valence-electron chi connectivity index (χ3n) is 9.41. The van der Waals surface area contributed by atoms with Crippen molar-refractivity contribution < 1.29 is 54.9 Å². The first-order valence-electron chi connectivity index (χ1n) is 17.7. The molecule has 3 aromatic rings. The van der Waals surface area contributed by atoms with Gasteiger partial charge in [-0.1, -0.05) is 0 Å². The van der Waals surface area contributed by atoms with Crippen molar-refractivity contribution in [2.75, 3.05) is 31.7 Å². The minimum Gasteiger partial charge on any atom is -0.466 e. The van der Waals surface area contributed by atoms with Gasteiger partial charge in [0, 0.05) is 19.5 Å². The maximum absolute atomic E-state index is 13.5. The lowest BCUT2D eigenvalue weighted by Gasteiger charge is -2.33. The fourth-order valence-corrected chi connectivity index (χ4v) is 7.51. The first-order chi connectivity index (χ1) is 26.7. The number of esters is 2. The number of methoxy groups -OCH3 is 1. The summed E-state index contributed by atoms with van der Waals surface area (Å²) in [5.41, 5.74) is -2.82. The van der Waals surface area contributed by atoms with Crippen molar-refractivity contribution in [2.24, 2.45) is 11.8 Å². The lowest BCUT2D eigenvalue weighted by molar-refractivity contribution is -0.145. The largest absolute Gasteiger partial charge is 0.466 e. The van der Waals surface area contributed by atoms with Crippen molar-refractivity contribution in [3.05, 3.63) is 72.5 Å². The van der Waals surface area contributed by atoms with Gasteiger partial charge in [0.2, 0.25) is 0 Å². The second-order valence-corrected chi connectivity index (χ2v) is 15.6. The fraction of sp³-hybridized carbons (Fsp3) is 0.528. The molecule has 1 saturated carbocycles. The molecule has 2 fully saturated rings. The van der Waals surface area contributed by atoms with Crippen molar-refractivity contribution in [2.45, 2.75) is 83.9 Å². The predicted octanol–water partition coefficient (Wildman–Crippen LogP) is 9.73. The Morgan fingerprint density at radius 1 is 0.912 bits per heavy atom. The van der Waals surface area contributed by atoms with Gasteiger partial charge in [-0.2, -0.15) is 26.3 Å². The maximum Gasteiger partial charge on any atom is 0.416 e. The molecule has 0 radical (unpaired) electrons. The lowest BCUT2D eigenvalue weighted by atomic mass is 9.80. The van der Waals surface area contributed by atoms with Gasteiger partial charge in [-0.15, -0.1) is 0 Å². The van der Waals surface area contributed by atoms with Gasteiger partial charge in [-0.05, 0) is 130 Å².